The quantitative estimate of drug-likeness (QED) is 0.479. The van der Waals surface area contributed by atoms with Crippen molar-refractivity contribution in [3.8, 4) is 0 Å². The van der Waals surface area contributed by atoms with Gasteiger partial charge in [0.05, 0.1) is 12.5 Å². The topological polar surface area (TPSA) is 44.8 Å². The van der Waals surface area contributed by atoms with Gasteiger partial charge in [-0.3, -0.25) is 4.79 Å². The molecule has 1 fully saturated rings. The SMILES string of the molecule is CCOC(=O)[C@@H]1C[C@H]1C(OCC)OCC. The van der Waals surface area contributed by atoms with Gasteiger partial charge in [0.2, 0.25) is 0 Å². The van der Waals surface area contributed by atoms with Crippen LogP contribution in [0.5, 0.6) is 0 Å². The zero-order chi connectivity index (χ0) is 11.3. The molecule has 0 aromatic heterocycles. The highest BCUT2D eigenvalue weighted by molar-refractivity contribution is 5.75. The van der Waals surface area contributed by atoms with Crippen molar-refractivity contribution in [3.63, 3.8) is 0 Å². The van der Waals surface area contributed by atoms with Gasteiger partial charge >= 0.3 is 5.97 Å². The average Bonchev–Trinajstić information content (AvgIpc) is 2.97. The van der Waals surface area contributed by atoms with Crippen LogP contribution in [0.4, 0.5) is 0 Å². The number of carbonyl (C=O) groups excluding carboxylic acids is 1. The van der Waals surface area contributed by atoms with Crippen molar-refractivity contribution in [2.75, 3.05) is 19.8 Å². The van der Waals surface area contributed by atoms with E-state index in [-0.39, 0.29) is 24.1 Å². The van der Waals surface area contributed by atoms with Crippen LogP contribution in [0.3, 0.4) is 0 Å². The molecule has 1 saturated carbocycles. The summed E-state index contributed by atoms with van der Waals surface area (Å²) < 4.78 is 15.8. The van der Waals surface area contributed by atoms with E-state index in [2.05, 4.69) is 0 Å². The molecule has 0 saturated heterocycles. The summed E-state index contributed by atoms with van der Waals surface area (Å²) in [6.07, 6.45) is 0.582. The van der Waals surface area contributed by atoms with Crippen LogP contribution in [0.25, 0.3) is 0 Å². The summed E-state index contributed by atoms with van der Waals surface area (Å²) in [6.45, 7) is 7.32. The number of carbonyl (C=O) groups is 1. The highest BCUT2D eigenvalue weighted by atomic mass is 16.7. The van der Waals surface area contributed by atoms with Gasteiger partial charge in [0, 0.05) is 19.1 Å². The molecule has 0 aromatic carbocycles. The predicted molar refractivity (Wildman–Crippen MR) is 55.3 cm³/mol. The Morgan fingerprint density at radius 3 is 2.27 bits per heavy atom. The van der Waals surface area contributed by atoms with Crippen molar-refractivity contribution in [2.45, 2.75) is 33.5 Å². The van der Waals surface area contributed by atoms with E-state index >= 15 is 0 Å². The largest absolute Gasteiger partial charge is 0.466 e. The van der Waals surface area contributed by atoms with Crippen molar-refractivity contribution in [1.82, 2.24) is 0 Å². The third-order valence-electron chi connectivity index (χ3n) is 2.44. The summed E-state index contributed by atoms with van der Waals surface area (Å²) in [4.78, 5) is 11.4. The van der Waals surface area contributed by atoms with E-state index in [9.17, 15) is 4.79 Å². The van der Waals surface area contributed by atoms with Gasteiger partial charge in [-0.1, -0.05) is 0 Å². The molecule has 15 heavy (non-hydrogen) atoms. The van der Waals surface area contributed by atoms with E-state index in [0.717, 1.165) is 6.42 Å². The molecule has 1 aliphatic carbocycles. The van der Waals surface area contributed by atoms with E-state index in [1.807, 2.05) is 20.8 Å². The van der Waals surface area contributed by atoms with Gasteiger partial charge in [-0.15, -0.1) is 0 Å². The molecule has 0 spiro atoms. The van der Waals surface area contributed by atoms with Crippen LogP contribution in [-0.4, -0.2) is 32.1 Å². The smallest absolute Gasteiger partial charge is 0.309 e. The first-order valence-electron chi connectivity index (χ1n) is 5.64. The van der Waals surface area contributed by atoms with E-state index in [1.54, 1.807) is 0 Å². The van der Waals surface area contributed by atoms with E-state index in [4.69, 9.17) is 14.2 Å². The second kappa shape index (κ2) is 6.08. The fourth-order valence-corrected chi connectivity index (χ4v) is 1.66. The summed E-state index contributed by atoms with van der Waals surface area (Å²) >= 11 is 0. The van der Waals surface area contributed by atoms with Crippen LogP contribution >= 0.6 is 0 Å². The lowest BCUT2D eigenvalue weighted by atomic mass is 10.3. The summed E-state index contributed by atoms with van der Waals surface area (Å²) in [5.41, 5.74) is 0. The molecule has 0 aliphatic heterocycles. The van der Waals surface area contributed by atoms with E-state index < -0.39 is 0 Å². The number of hydrogen-bond acceptors (Lipinski definition) is 4. The van der Waals surface area contributed by atoms with Crippen LogP contribution in [0.1, 0.15) is 27.2 Å². The molecule has 0 bridgehead atoms. The molecular weight excluding hydrogens is 196 g/mol. The molecule has 88 valence electrons. The third kappa shape index (κ3) is 3.47. The first-order chi connectivity index (χ1) is 7.24. The van der Waals surface area contributed by atoms with Gasteiger partial charge in [-0.2, -0.15) is 0 Å². The Labute approximate surface area is 90.9 Å². The fourth-order valence-electron chi connectivity index (χ4n) is 1.66. The first-order valence-corrected chi connectivity index (χ1v) is 5.64. The Bertz CT molecular complexity index is 199. The maximum Gasteiger partial charge on any atom is 0.309 e. The van der Waals surface area contributed by atoms with Gasteiger partial charge in [0.25, 0.3) is 0 Å². The minimum atomic E-state index is -0.241. The van der Waals surface area contributed by atoms with Gasteiger partial charge in [-0.25, -0.2) is 0 Å². The summed E-state index contributed by atoms with van der Waals surface area (Å²) in [5.74, 6) is 0.0453. The van der Waals surface area contributed by atoms with Crippen LogP contribution in [0.15, 0.2) is 0 Å². The number of rotatable bonds is 7. The Morgan fingerprint density at radius 1 is 1.20 bits per heavy atom. The highest BCUT2D eigenvalue weighted by Crippen LogP contribution is 2.43. The first kappa shape index (κ1) is 12.5. The summed E-state index contributed by atoms with van der Waals surface area (Å²) in [5, 5.41) is 0. The Kier molecular flexibility index (Phi) is 5.05. The summed E-state index contributed by atoms with van der Waals surface area (Å²) in [7, 11) is 0. The zero-order valence-electron chi connectivity index (χ0n) is 9.69. The molecule has 4 heteroatoms. The number of hydrogen-bond donors (Lipinski definition) is 0. The second-order valence-electron chi connectivity index (χ2n) is 3.54. The molecule has 0 heterocycles. The maximum atomic E-state index is 11.4. The highest BCUT2D eigenvalue weighted by Gasteiger charge is 2.49. The lowest BCUT2D eigenvalue weighted by Gasteiger charge is -2.16. The van der Waals surface area contributed by atoms with Crippen molar-refractivity contribution >= 4 is 5.97 Å². The van der Waals surface area contributed by atoms with Crippen molar-refractivity contribution in [3.05, 3.63) is 0 Å². The molecule has 0 N–H and O–H groups in total. The van der Waals surface area contributed by atoms with Crippen LogP contribution in [0, 0.1) is 11.8 Å². The normalized spacial score (nSPS) is 24.3. The molecular formula is C11H20O4. The van der Waals surface area contributed by atoms with E-state index in [1.165, 1.54) is 0 Å². The molecule has 1 aliphatic rings. The minimum absolute atomic E-state index is 0.0203. The molecule has 0 radical (unpaired) electrons. The Hall–Kier alpha value is -0.610. The lowest BCUT2D eigenvalue weighted by molar-refractivity contribution is -0.160. The molecule has 0 aromatic rings. The van der Waals surface area contributed by atoms with Crippen molar-refractivity contribution < 1.29 is 19.0 Å². The Morgan fingerprint density at radius 2 is 1.80 bits per heavy atom. The molecule has 1 rings (SSSR count). The second-order valence-corrected chi connectivity index (χ2v) is 3.54. The molecule has 4 nitrogen and oxygen atoms in total. The van der Waals surface area contributed by atoms with Gasteiger partial charge < -0.3 is 14.2 Å². The Balaban J connectivity index is 2.35. The van der Waals surface area contributed by atoms with E-state index in [0.29, 0.717) is 19.8 Å². The lowest BCUT2D eigenvalue weighted by Crippen LogP contribution is -2.22. The van der Waals surface area contributed by atoms with Crippen molar-refractivity contribution in [1.29, 1.82) is 0 Å². The van der Waals surface area contributed by atoms with Crippen LogP contribution < -0.4 is 0 Å². The predicted octanol–water partition coefficient (Wildman–Crippen LogP) is 1.58. The van der Waals surface area contributed by atoms with Crippen LogP contribution in [-0.2, 0) is 19.0 Å². The van der Waals surface area contributed by atoms with Gasteiger partial charge in [0.15, 0.2) is 6.29 Å². The minimum Gasteiger partial charge on any atom is -0.466 e. The molecule has 2 atom stereocenters. The number of esters is 1. The monoisotopic (exact) mass is 216 g/mol. The zero-order valence-corrected chi connectivity index (χ0v) is 9.69. The van der Waals surface area contributed by atoms with Crippen molar-refractivity contribution in [2.24, 2.45) is 11.8 Å². The maximum absolute atomic E-state index is 11.4. The summed E-state index contributed by atoms with van der Waals surface area (Å²) in [6, 6.07) is 0. The molecule has 0 amide bonds. The average molecular weight is 216 g/mol. The molecule has 0 unspecified atom stereocenters. The standard InChI is InChI=1S/C11H20O4/c1-4-13-10(12)8-7-9(8)11(14-5-2)15-6-3/h8-9,11H,4-7H2,1-3H3/t8-,9-/m1/s1. The fraction of sp³-hybridized carbons (Fsp3) is 0.909. The third-order valence-corrected chi connectivity index (χ3v) is 2.44. The van der Waals surface area contributed by atoms with Gasteiger partial charge in [-0.05, 0) is 27.2 Å². The van der Waals surface area contributed by atoms with Gasteiger partial charge in [0.1, 0.15) is 0 Å². The van der Waals surface area contributed by atoms with Crippen LogP contribution in [0.2, 0.25) is 0 Å². The number of ether oxygens (including phenoxy) is 3.